The number of hydrogen-bond donors (Lipinski definition) is 2. The first kappa shape index (κ1) is 51.1. The zero-order valence-corrected chi connectivity index (χ0v) is 41.8. The Bertz CT molecular complexity index is 2860. The van der Waals surface area contributed by atoms with E-state index in [0.717, 1.165) is 48.1 Å². The molecule has 2 fully saturated rings. The SMILES string of the molecule is COc1ccc(C2=N[C@@H](c3ccc(Cl)cc3)[C@@H](c3ccc(Cl)cc3)N2C(=O)N2CCN(CC(=O)NCCCCCCCC#Cc3cccc4c3C(=O)N(C3CCC(=O)NC3=O)C4=O)C(=O)C2)c(OC(C)C)c1. The normalized spacial score (nSPS) is 18.7. The van der Waals surface area contributed by atoms with Crippen molar-refractivity contribution in [2.24, 2.45) is 4.99 Å². The molecule has 0 bridgehead atoms. The molecule has 0 spiro atoms. The van der Waals surface area contributed by atoms with Crippen LogP contribution in [0.2, 0.25) is 10.0 Å². The largest absolute Gasteiger partial charge is 0.497 e. The van der Waals surface area contributed by atoms with Crippen molar-refractivity contribution in [1.29, 1.82) is 0 Å². The quantitative estimate of drug-likeness (QED) is 0.0651. The number of halogens is 2. The van der Waals surface area contributed by atoms with Crippen molar-refractivity contribution in [3.63, 3.8) is 0 Å². The van der Waals surface area contributed by atoms with Crippen molar-refractivity contribution < 1.29 is 43.0 Å². The molecule has 8 rings (SSSR count). The fourth-order valence-electron chi connectivity index (χ4n) is 9.31. The number of carbonyl (C=O) groups excluding carboxylic acids is 7. The molecule has 16 nitrogen and oxygen atoms in total. The summed E-state index contributed by atoms with van der Waals surface area (Å²) in [6.45, 7) is 4.21. The van der Waals surface area contributed by atoms with Gasteiger partial charge in [0.15, 0.2) is 0 Å². The van der Waals surface area contributed by atoms with Gasteiger partial charge in [-0.2, -0.15) is 0 Å². The number of nitrogens with zero attached hydrogens (tertiary/aromatic N) is 5. The lowest BCUT2D eigenvalue weighted by Gasteiger charge is -2.38. The molecule has 2 saturated heterocycles. The molecule has 4 aromatic carbocycles. The van der Waals surface area contributed by atoms with Crippen LogP contribution in [-0.2, 0) is 19.2 Å². The minimum Gasteiger partial charge on any atom is -0.497 e. The predicted molar refractivity (Wildman–Crippen MR) is 270 cm³/mol. The highest BCUT2D eigenvalue weighted by atomic mass is 35.5. The molecule has 4 aliphatic heterocycles. The number of urea groups is 1. The summed E-state index contributed by atoms with van der Waals surface area (Å²) in [5.74, 6) is 4.64. The van der Waals surface area contributed by atoms with Crippen LogP contribution in [0.25, 0.3) is 0 Å². The van der Waals surface area contributed by atoms with Gasteiger partial charge in [-0.25, -0.2) is 4.79 Å². The number of piperazine rings is 1. The van der Waals surface area contributed by atoms with Crippen LogP contribution in [0.4, 0.5) is 4.79 Å². The summed E-state index contributed by atoms with van der Waals surface area (Å²) in [6.07, 6.45) is 4.71. The van der Waals surface area contributed by atoms with Gasteiger partial charge in [0.2, 0.25) is 23.6 Å². The van der Waals surface area contributed by atoms with E-state index >= 15 is 4.79 Å². The fraction of sp³-hybridized carbons (Fsp3) is 0.370. The number of fused-ring (bicyclic) bond motifs is 1. The Morgan fingerprint density at radius 1 is 0.847 bits per heavy atom. The summed E-state index contributed by atoms with van der Waals surface area (Å²) in [5.41, 5.74) is 2.94. The number of benzene rings is 4. The maximum absolute atomic E-state index is 15.0. The van der Waals surface area contributed by atoms with E-state index in [0.29, 0.717) is 51.5 Å². The lowest BCUT2D eigenvalue weighted by Crippen LogP contribution is -2.57. The number of rotatable bonds is 16. The number of nitrogens with one attached hydrogen (secondary N) is 2. The number of unbranched alkanes of at least 4 members (excludes halogenated alkanes) is 5. The molecule has 1 unspecified atom stereocenters. The van der Waals surface area contributed by atoms with Crippen molar-refractivity contribution in [2.75, 3.05) is 39.8 Å². The molecule has 18 heteroatoms. The van der Waals surface area contributed by atoms with Crippen LogP contribution in [-0.4, -0.2) is 119 Å². The van der Waals surface area contributed by atoms with Crippen molar-refractivity contribution in [2.45, 2.75) is 89.4 Å². The molecule has 4 aromatic rings. The minimum absolute atomic E-state index is 0.0437. The van der Waals surface area contributed by atoms with Gasteiger partial charge in [-0.3, -0.25) is 48.9 Å². The second-order valence-electron chi connectivity index (χ2n) is 18.2. The van der Waals surface area contributed by atoms with Gasteiger partial charge >= 0.3 is 6.03 Å². The second-order valence-corrected chi connectivity index (χ2v) is 19.1. The molecule has 4 heterocycles. The van der Waals surface area contributed by atoms with E-state index in [2.05, 4.69) is 22.5 Å². The van der Waals surface area contributed by atoms with E-state index in [1.807, 2.05) is 44.2 Å². The van der Waals surface area contributed by atoms with Crippen molar-refractivity contribution >= 4 is 70.5 Å². The summed E-state index contributed by atoms with van der Waals surface area (Å²) < 4.78 is 11.8. The molecule has 3 atom stereocenters. The van der Waals surface area contributed by atoms with Gasteiger partial charge in [0.25, 0.3) is 11.8 Å². The molecular formula is C54H55Cl2N7O9. The second kappa shape index (κ2) is 22.9. The van der Waals surface area contributed by atoms with E-state index in [1.165, 1.54) is 9.80 Å². The van der Waals surface area contributed by atoms with Crippen LogP contribution >= 0.6 is 23.2 Å². The molecular weight excluding hydrogens is 962 g/mol. The van der Waals surface area contributed by atoms with E-state index in [9.17, 15) is 28.8 Å². The van der Waals surface area contributed by atoms with Crippen molar-refractivity contribution in [1.82, 2.24) is 30.2 Å². The first-order chi connectivity index (χ1) is 34.7. The first-order valence-electron chi connectivity index (χ1n) is 24.1. The zero-order chi connectivity index (χ0) is 51.1. The maximum Gasteiger partial charge on any atom is 0.326 e. The summed E-state index contributed by atoms with van der Waals surface area (Å²) in [6, 6.07) is 22.1. The average Bonchev–Trinajstić information content (AvgIpc) is 3.87. The third-order valence-corrected chi connectivity index (χ3v) is 13.4. The summed E-state index contributed by atoms with van der Waals surface area (Å²) in [7, 11) is 1.57. The van der Waals surface area contributed by atoms with Crippen LogP contribution in [0.1, 0.15) is 120 Å². The molecule has 374 valence electrons. The van der Waals surface area contributed by atoms with Gasteiger partial charge in [0.05, 0.1) is 42.5 Å². The van der Waals surface area contributed by atoms with Gasteiger partial charge in [-0.15, -0.1) is 0 Å². The van der Waals surface area contributed by atoms with Gasteiger partial charge in [-0.05, 0) is 92.8 Å². The number of ether oxygens (including phenoxy) is 2. The highest BCUT2D eigenvalue weighted by Crippen LogP contribution is 2.46. The summed E-state index contributed by atoms with van der Waals surface area (Å²) >= 11 is 12.7. The van der Waals surface area contributed by atoms with E-state index in [-0.39, 0.29) is 68.1 Å². The number of imide groups is 2. The number of amidine groups is 1. The number of hydrogen-bond acceptors (Lipinski definition) is 10. The predicted octanol–water partition coefficient (Wildman–Crippen LogP) is 7.51. The van der Waals surface area contributed by atoms with Crippen LogP contribution in [0, 0.1) is 11.8 Å². The molecule has 72 heavy (non-hydrogen) atoms. The number of aliphatic imine (C=N–C) groups is 1. The maximum atomic E-state index is 15.0. The zero-order valence-electron chi connectivity index (χ0n) is 40.3. The molecule has 0 aliphatic carbocycles. The standard InChI is InChI=1S/C54H55Cl2N7O9/c1-33(2)72-43-30-39(71-3)23-24-40(43)50-59-48(35-15-19-37(55)20-16-35)49(36-17-21-38(56)22-18-36)63(50)54(70)61-29-28-60(46(66)32-61)31-45(65)57-27-10-8-6-4-5-7-9-12-34-13-11-14-41-47(34)53(69)62(52(41)68)42-25-26-44(64)58-51(42)67/h11,13-24,30,33,42,48-49H,4-8,10,25-29,31-32H2,1-3H3,(H,57,65)(H,58,64,67)/t42?,48-,49+/m0/s1. The highest BCUT2D eigenvalue weighted by Gasteiger charge is 2.47. The van der Waals surface area contributed by atoms with Gasteiger partial charge in [-0.1, -0.05) is 84.6 Å². The summed E-state index contributed by atoms with van der Waals surface area (Å²) in [5, 5.41) is 6.21. The Morgan fingerprint density at radius 2 is 1.56 bits per heavy atom. The molecule has 2 N–H and O–H groups in total. The van der Waals surface area contributed by atoms with E-state index in [4.69, 9.17) is 37.7 Å². The van der Waals surface area contributed by atoms with E-state index < -0.39 is 47.8 Å². The lowest BCUT2D eigenvalue weighted by molar-refractivity contribution is -0.139. The fourth-order valence-corrected chi connectivity index (χ4v) is 9.57. The Hall–Kier alpha value is -7.22. The van der Waals surface area contributed by atoms with Gasteiger partial charge < -0.3 is 24.6 Å². The number of piperidine rings is 1. The molecule has 4 aliphatic rings. The van der Waals surface area contributed by atoms with Crippen molar-refractivity contribution in [3.8, 4) is 23.3 Å². The Balaban J connectivity index is 0.833. The molecule has 8 amide bonds. The van der Waals surface area contributed by atoms with Crippen LogP contribution < -0.4 is 20.1 Å². The minimum atomic E-state index is -1.04. The topological polar surface area (TPSA) is 187 Å². The average molecular weight is 1020 g/mol. The third kappa shape index (κ3) is 11.4. The number of carbonyl (C=O) groups is 7. The molecule has 0 aromatic heterocycles. The van der Waals surface area contributed by atoms with Gasteiger partial charge in [0, 0.05) is 54.2 Å². The monoisotopic (exact) mass is 1020 g/mol. The highest BCUT2D eigenvalue weighted by molar-refractivity contribution is 6.31. The lowest BCUT2D eigenvalue weighted by atomic mass is 9.93. The van der Waals surface area contributed by atoms with Crippen LogP contribution in [0.15, 0.2) is 89.9 Å². The molecule has 0 saturated carbocycles. The Morgan fingerprint density at radius 3 is 2.25 bits per heavy atom. The third-order valence-electron chi connectivity index (χ3n) is 12.9. The van der Waals surface area contributed by atoms with E-state index in [1.54, 1.807) is 66.6 Å². The first-order valence-corrected chi connectivity index (χ1v) is 24.9. The number of methoxy groups -OCH3 is 1. The Kier molecular flexibility index (Phi) is 16.3. The summed E-state index contributed by atoms with van der Waals surface area (Å²) in [4.78, 5) is 103. The smallest absolute Gasteiger partial charge is 0.326 e. The van der Waals surface area contributed by atoms with Gasteiger partial charge in [0.1, 0.15) is 36.0 Å². The van der Waals surface area contributed by atoms with Crippen LogP contribution in [0.5, 0.6) is 11.5 Å². The molecule has 0 radical (unpaired) electrons. The Labute approximate surface area is 428 Å². The number of amides is 8. The van der Waals surface area contributed by atoms with Crippen molar-refractivity contribution in [3.05, 3.63) is 128 Å². The van der Waals surface area contributed by atoms with Crippen LogP contribution in [0.3, 0.4) is 0 Å².